The third kappa shape index (κ3) is 3.40. The smallest absolute Gasteiger partial charge is 0.162 e. The number of rotatable bonds is 4. The van der Waals surface area contributed by atoms with Crippen molar-refractivity contribution in [3.63, 3.8) is 0 Å². The number of ether oxygens (including phenoxy) is 2. The lowest BCUT2D eigenvalue weighted by atomic mass is 10.3. The molecule has 21 heavy (non-hydrogen) atoms. The Morgan fingerprint density at radius 1 is 1.19 bits per heavy atom. The summed E-state index contributed by atoms with van der Waals surface area (Å²) in [6.45, 7) is 1.41. The standard InChI is InChI=1S/C15H17N3O2S/c16-18-15-11(3-1-6-17-15)10-21-12-4-5-13-14(9-12)20-8-2-7-19-13/h1,3-6,9H,2,7-8,10,16H2,(H,17,18). The van der Waals surface area contributed by atoms with Crippen LogP contribution in [0.1, 0.15) is 12.0 Å². The Morgan fingerprint density at radius 3 is 2.90 bits per heavy atom. The Labute approximate surface area is 127 Å². The Balaban J connectivity index is 1.72. The van der Waals surface area contributed by atoms with Crippen LogP contribution >= 0.6 is 11.8 Å². The molecule has 0 bridgehead atoms. The van der Waals surface area contributed by atoms with Crippen LogP contribution in [0.3, 0.4) is 0 Å². The van der Waals surface area contributed by atoms with E-state index in [4.69, 9.17) is 15.3 Å². The van der Waals surface area contributed by atoms with Gasteiger partial charge in [-0.2, -0.15) is 0 Å². The highest BCUT2D eigenvalue weighted by Crippen LogP contribution is 2.35. The lowest BCUT2D eigenvalue weighted by molar-refractivity contribution is 0.297. The minimum Gasteiger partial charge on any atom is -0.490 e. The van der Waals surface area contributed by atoms with Crippen LogP contribution in [0.15, 0.2) is 41.4 Å². The fraction of sp³-hybridized carbons (Fsp3) is 0.267. The molecular formula is C15H17N3O2S. The van der Waals surface area contributed by atoms with Gasteiger partial charge in [0.1, 0.15) is 5.82 Å². The number of thioether (sulfide) groups is 1. The van der Waals surface area contributed by atoms with Gasteiger partial charge in [0.15, 0.2) is 11.5 Å². The molecular weight excluding hydrogens is 286 g/mol. The highest BCUT2D eigenvalue weighted by molar-refractivity contribution is 7.98. The van der Waals surface area contributed by atoms with Crippen molar-refractivity contribution in [2.24, 2.45) is 5.84 Å². The first-order valence-corrected chi connectivity index (χ1v) is 7.78. The monoisotopic (exact) mass is 303 g/mol. The molecule has 3 N–H and O–H groups in total. The molecule has 0 atom stereocenters. The Kier molecular flexibility index (Phi) is 4.47. The van der Waals surface area contributed by atoms with Gasteiger partial charge in [-0.25, -0.2) is 10.8 Å². The molecule has 1 aliphatic rings. The second kappa shape index (κ2) is 6.69. The van der Waals surface area contributed by atoms with Gasteiger partial charge in [0, 0.05) is 28.8 Å². The number of hydrogen-bond donors (Lipinski definition) is 2. The summed E-state index contributed by atoms with van der Waals surface area (Å²) in [6.07, 6.45) is 2.63. The first-order chi connectivity index (χ1) is 10.4. The molecule has 0 saturated carbocycles. The number of pyridine rings is 1. The van der Waals surface area contributed by atoms with Gasteiger partial charge < -0.3 is 14.9 Å². The number of hydrazine groups is 1. The van der Waals surface area contributed by atoms with Gasteiger partial charge in [0.2, 0.25) is 0 Å². The molecule has 0 aliphatic carbocycles. The van der Waals surface area contributed by atoms with Gasteiger partial charge in [0.05, 0.1) is 13.2 Å². The highest BCUT2D eigenvalue weighted by Gasteiger charge is 2.11. The number of nitrogens with one attached hydrogen (secondary N) is 1. The summed E-state index contributed by atoms with van der Waals surface area (Å²) >= 11 is 1.71. The summed E-state index contributed by atoms with van der Waals surface area (Å²) < 4.78 is 11.3. The molecule has 0 radical (unpaired) electrons. The van der Waals surface area contributed by atoms with Crippen LogP contribution in [-0.4, -0.2) is 18.2 Å². The van der Waals surface area contributed by atoms with E-state index in [1.165, 1.54) is 0 Å². The van der Waals surface area contributed by atoms with E-state index in [0.29, 0.717) is 19.0 Å². The quantitative estimate of drug-likeness (QED) is 0.514. The summed E-state index contributed by atoms with van der Waals surface area (Å²) in [6, 6.07) is 9.96. The molecule has 0 fully saturated rings. The fourth-order valence-corrected chi connectivity index (χ4v) is 2.99. The second-order valence-corrected chi connectivity index (χ2v) is 5.65. The summed E-state index contributed by atoms with van der Waals surface area (Å²) in [7, 11) is 0. The largest absolute Gasteiger partial charge is 0.490 e. The summed E-state index contributed by atoms with van der Waals surface area (Å²) in [4.78, 5) is 5.33. The van der Waals surface area contributed by atoms with E-state index in [1.807, 2.05) is 30.3 Å². The minimum absolute atomic E-state index is 0.699. The lowest BCUT2D eigenvalue weighted by Crippen LogP contribution is -2.10. The van der Waals surface area contributed by atoms with Gasteiger partial charge in [-0.1, -0.05) is 6.07 Å². The Bertz CT molecular complexity index is 622. The normalized spacial score (nSPS) is 13.6. The first kappa shape index (κ1) is 14.0. The summed E-state index contributed by atoms with van der Waals surface area (Å²) in [5.41, 5.74) is 3.69. The topological polar surface area (TPSA) is 69.4 Å². The number of aromatic nitrogens is 1. The van der Waals surface area contributed by atoms with Gasteiger partial charge in [0.25, 0.3) is 0 Å². The molecule has 0 saturated heterocycles. The molecule has 2 aromatic rings. The second-order valence-electron chi connectivity index (χ2n) is 4.60. The van der Waals surface area contributed by atoms with Crippen LogP contribution in [0.5, 0.6) is 11.5 Å². The van der Waals surface area contributed by atoms with E-state index in [2.05, 4.69) is 10.4 Å². The molecule has 2 heterocycles. The van der Waals surface area contributed by atoms with Crippen LogP contribution in [0.4, 0.5) is 5.82 Å². The average Bonchev–Trinajstić information content (AvgIpc) is 2.78. The predicted molar refractivity (Wildman–Crippen MR) is 83.7 cm³/mol. The average molecular weight is 303 g/mol. The van der Waals surface area contributed by atoms with Crippen molar-refractivity contribution < 1.29 is 9.47 Å². The van der Waals surface area contributed by atoms with Crippen molar-refractivity contribution in [1.29, 1.82) is 0 Å². The maximum absolute atomic E-state index is 5.70. The fourth-order valence-electron chi connectivity index (χ4n) is 2.08. The van der Waals surface area contributed by atoms with Crippen LogP contribution in [0.25, 0.3) is 0 Å². The molecule has 0 spiro atoms. The number of nitrogens with zero attached hydrogens (tertiary/aromatic N) is 1. The van der Waals surface area contributed by atoms with Crippen molar-refractivity contribution in [2.75, 3.05) is 18.6 Å². The highest BCUT2D eigenvalue weighted by atomic mass is 32.2. The number of nitrogen functional groups attached to an aromatic ring is 1. The molecule has 1 aromatic carbocycles. The van der Waals surface area contributed by atoms with Crippen molar-refractivity contribution >= 4 is 17.6 Å². The number of fused-ring (bicyclic) bond motifs is 1. The molecule has 1 aliphatic heterocycles. The van der Waals surface area contributed by atoms with Crippen LogP contribution in [0.2, 0.25) is 0 Å². The Hall–Kier alpha value is -1.92. The zero-order chi connectivity index (χ0) is 14.5. The van der Waals surface area contributed by atoms with E-state index in [-0.39, 0.29) is 0 Å². The van der Waals surface area contributed by atoms with Crippen molar-refractivity contribution in [3.05, 3.63) is 42.1 Å². The molecule has 110 valence electrons. The van der Waals surface area contributed by atoms with Crippen molar-refractivity contribution in [3.8, 4) is 11.5 Å². The summed E-state index contributed by atoms with van der Waals surface area (Å²) in [5.74, 6) is 8.60. The number of anilines is 1. The van der Waals surface area contributed by atoms with Gasteiger partial charge in [-0.05, 0) is 24.3 Å². The van der Waals surface area contributed by atoms with E-state index >= 15 is 0 Å². The number of nitrogens with two attached hydrogens (primary N) is 1. The van der Waals surface area contributed by atoms with E-state index in [0.717, 1.165) is 34.1 Å². The van der Waals surface area contributed by atoms with Crippen LogP contribution in [-0.2, 0) is 5.75 Å². The van der Waals surface area contributed by atoms with Crippen molar-refractivity contribution in [2.45, 2.75) is 17.1 Å². The minimum atomic E-state index is 0.699. The molecule has 5 nitrogen and oxygen atoms in total. The third-order valence-electron chi connectivity index (χ3n) is 3.14. The third-order valence-corrected chi connectivity index (χ3v) is 4.18. The van der Waals surface area contributed by atoms with Crippen LogP contribution in [0, 0.1) is 0 Å². The number of hydrogen-bond acceptors (Lipinski definition) is 6. The maximum atomic E-state index is 5.70. The van der Waals surface area contributed by atoms with Gasteiger partial charge >= 0.3 is 0 Å². The first-order valence-electron chi connectivity index (χ1n) is 6.80. The van der Waals surface area contributed by atoms with E-state index < -0.39 is 0 Å². The van der Waals surface area contributed by atoms with E-state index in [1.54, 1.807) is 18.0 Å². The van der Waals surface area contributed by atoms with Gasteiger partial charge in [-0.3, -0.25) is 0 Å². The van der Waals surface area contributed by atoms with Gasteiger partial charge in [-0.15, -0.1) is 11.8 Å². The van der Waals surface area contributed by atoms with Crippen LogP contribution < -0.4 is 20.7 Å². The molecule has 3 rings (SSSR count). The molecule has 0 amide bonds. The summed E-state index contributed by atoms with van der Waals surface area (Å²) in [5, 5.41) is 0. The SMILES string of the molecule is NNc1ncccc1CSc1ccc2c(c1)OCCCO2. The number of benzene rings is 1. The van der Waals surface area contributed by atoms with Crippen molar-refractivity contribution in [1.82, 2.24) is 4.98 Å². The maximum Gasteiger partial charge on any atom is 0.162 e. The zero-order valence-corrected chi connectivity index (χ0v) is 12.4. The molecule has 6 heteroatoms. The zero-order valence-electron chi connectivity index (χ0n) is 11.5. The molecule has 1 aromatic heterocycles. The predicted octanol–water partition coefficient (Wildman–Crippen LogP) is 2.82. The Morgan fingerprint density at radius 2 is 2.05 bits per heavy atom. The lowest BCUT2D eigenvalue weighted by Gasteiger charge is -2.10. The van der Waals surface area contributed by atoms with E-state index in [9.17, 15) is 0 Å². The molecule has 0 unspecified atom stereocenters.